The smallest absolute Gasteiger partial charge is 0.170 e. The van der Waals surface area contributed by atoms with Crippen LogP contribution in [-0.4, -0.2) is 12.4 Å². The van der Waals surface area contributed by atoms with Crippen molar-refractivity contribution in [2.45, 2.75) is 19.8 Å². The van der Waals surface area contributed by atoms with Crippen molar-refractivity contribution in [2.75, 3.05) is 6.61 Å². The van der Waals surface area contributed by atoms with E-state index in [1.807, 2.05) is 19.1 Å². The van der Waals surface area contributed by atoms with Gasteiger partial charge in [0.15, 0.2) is 5.78 Å². The van der Waals surface area contributed by atoms with Crippen LogP contribution in [0.5, 0.6) is 5.75 Å². The molecule has 0 amide bonds. The summed E-state index contributed by atoms with van der Waals surface area (Å²) in [6.07, 6.45) is 2.80. The predicted octanol–water partition coefficient (Wildman–Crippen LogP) is 3.49. The molecule has 0 bridgehead atoms. The summed E-state index contributed by atoms with van der Waals surface area (Å²) in [5.41, 5.74) is 0.653. The highest BCUT2D eigenvalue weighted by Gasteiger charge is 2.09. The van der Waals surface area contributed by atoms with E-state index in [0.29, 0.717) is 17.9 Å². The third-order valence-corrected chi connectivity index (χ3v) is 2.54. The number of ketones is 1. The molecule has 0 unspecified atom stereocenters. The number of hydrogen-bond acceptors (Lipinski definition) is 3. The van der Waals surface area contributed by atoms with Crippen LogP contribution in [-0.2, 0) is 6.42 Å². The maximum Gasteiger partial charge on any atom is 0.170 e. The fraction of sp³-hybridized carbons (Fsp3) is 0.267. The second-order valence-corrected chi connectivity index (χ2v) is 4.06. The Hall–Kier alpha value is -2.03. The van der Waals surface area contributed by atoms with Gasteiger partial charge in [0, 0.05) is 5.56 Å². The summed E-state index contributed by atoms with van der Waals surface area (Å²) in [5.74, 6) is 1.45. The van der Waals surface area contributed by atoms with Crippen molar-refractivity contribution in [1.82, 2.24) is 0 Å². The van der Waals surface area contributed by atoms with Crippen molar-refractivity contribution in [1.29, 1.82) is 0 Å². The van der Waals surface area contributed by atoms with Crippen LogP contribution >= 0.6 is 0 Å². The number of benzene rings is 1. The molecule has 0 aliphatic rings. The van der Waals surface area contributed by atoms with E-state index in [1.165, 1.54) is 0 Å². The molecule has 3 heteroatoms. The van der Waals surface area contributed by atoms with Crippen molar-refractivity contribution >= 4 is 5.78 Å². The first-order valence-electron chi connectivity index (χ1n) is 6.08. The van der Waals surface area contributed by atoms with Crippen LogP contribution in [0.25, 0.3) is 0 Å². The van der Waals surface area contributed by atoms with E-state index in [0.717, 1.165) is 12.2 Å². The number of carbonyl (C=O) groups excluding carboxylic acids is 1. The fourth-order valence-corrected chi connectivity index (χ4v) is 1.65. The molecule has 1 heterocycles. The molecular weight excluding hydrogens is 228 g/mol. The van der Waals surface area contributed by atoms with Crippen LogP contribution in [0.15, 0.2) is 47.1 Å². The first kappa shape index (κ1) is 12.4. The van der Waals surface area contributed by atoms with Crippen LogP contribution in [0.4, 0.5) is 0 Å². The summed E-state index contributed by atoms with van der Waals surface area (Å²) in [4.78, 5) is 12.0. The SMILES string of the molecule is CCCOc1cccc(C(=O)Cc2ccco2)c1. The average molecular weight is 244 g/mol. The molecule has 0 radical (unpaired) electrons. The Morgan fingerprint density at radius 2 is 2.17 bits per heavy atom. The van der Waals surface area contributed by atoms with Gasteiger partial charge in [-0.15, -0.1) is 0 Å². The lowest BCUT2D eigenvalue weighted by Gasteiger charge is -2.06. The molecular formula is C15H16O3. The molecule has 0 saturated carbocycles. The van der Waals surface area contributed by atoms with Crippen LogP contribution in [0, 0.1) is 0 Å². The van der Waals surface area contributed by atoms with Gasteiger partial charge >= 0.3 is 0 Å². The lowest BCUT2D eigenvalue weighted by atomic mass is 10.1. The number of ether oxygens (including phenoxy) is 1. The van der Waals surface area contributed by atoms with E-state index in [-0.39, 0.29) is 12.2 Å². The van der Waals surface area contributed by atoms with E-state index in [4.69, 9.17) is 9.15 Å². The Kier molecular flexibility index (Phi) is 4.18. The minimum atomic E-state index is 0.0342. The van der Waals surface area contributed by atoms with Crippen LogP contribution in [0.2, 0.25) is 0 Å². The fourth-order valence-electron chi connectivity index (χ4n) is 1.65. The zero-order chi connectivity index (χ0) is 12.8. The topological polar surface area (TPSA) is 39.4 Å². The lowest BCUT2D eigenvalue weighted by Crippen LogP contribution is -2.03. The first-order chi connectivity index (χ1) is 8.79. The van der Waals surface area contributed by atoms with Gasteiger partial charge in [0.25, 0.3) is 0 Å². The van der Waals surface area contributed by atoms with Crippen molar-refractivity contribution in [3.63, 3.8) is 0 Å². The highest BCUT2D eigenvalue weighted by Crippen LogP contribution is 2.15. The summed E-state index contributed by atoms with van der Waals surface area (Å²) >= 11 is 0. The van der Waals surface area contributed by atoms with E-state index < -0.39 is 0 Å². The van der Waals surface area contributed by atoms with Crippen molar-refractivity contribution in [2.24, 2.45) is 0 Å². The summed E-state index contributed by atoms with van der Waals surface area (Å²) in [5, 5.41) is 0. The van der Waals surface area contributed by atoms with Crippen molar-refractivity contribution in [3.05, 3.63) is 54.0 Å². The minimum absolute atomic E-state index is 0.0342. The molecule has 1 aromatic carbocycles. The second kappa shape index (κ2) is 6.05. The molecule has 94 valence electrons. The van der Waals surface area contributed by atoms with E-state index in [1.54, 1.807) is 30.5 Å². The number of hydrogen-bond donors (Lipinski definition) is 0. The van der Waals surface area contributed by atoms with Gasteiger partial charge < -0.3 is 9.15 Å². The average Bonchev–Trinajstić information content (AvgIpc) is 2.89. The molecule has 1 aromatic heterocycles. The van der Waals surface area contributed by atoms with Gasteiger partial charge in [-0.25, -0.2) is 0 Å². The molecule has 3 nitrogen and oxygen atoms in total. The monoisotopic (exact) mass is 244 g/mol. The van der Waals surface area contributed by atoms with E-state index in [9.17, 15) is 4.79 Å². The number of carbonyl (C=O) groups is 1. The highest BCUT2D eigenvalue weighted by molar-refractivity contribution is 5.97. The Bertz CT molecular complexity index is 500. The second-order valence-electron chi connectivity index (χ2n) is 4.06. The van der Waals surface area contributed by atoms with Gasteiger partial charge in [-0.3, -0.25) is 4.79 Å². The Morgan fingerprint density at radius 3 is 2.89 bits per heavy atom. The summed E-state index contributed by atoms with van der Waals surface area (Å²) in [7, 11) is 0. The largest absolute Gasteiger partial charge is 0.494 e. The van der Waals surface area contributed by atoms with Crippen molar-refractivity contribution < 1.29 is 13.9 Å². The molecule has 0 fully saturated rings. The van der Waals surface area contributed by atoms with Gasteiger partial charge in [0.1, 0.15) is 11.5 Å². The van der Waals surface area contributed by atoms with Crippen LogP contribution in [0.1, 0.15) is 29.5 Å². The normalized spacial score (nSPS) is 10.3. The maximum atomic E-state index is 12.0. The van der Waals surface area contributed by atoms with Gasteiger partial charge in [-0.2, -0.15) is 0 Å². The maximum absolute atomic E-state index is 12.0. The Balaban J connectivity index is 2.05. The van der Waals surface area contributed by atoms with Gasteiger partial charge in [0.05, 0.1) is 19.3 Å². The standard InChI is InChI=1S/C15H16O3/c1-2-8-17-13-6-3-5-12(10-13)15(16)11-14-7-4-9-18-14/h3-7,9-10H,2,8,11H2,1H3. The van der Waals surface area contributed by atoms with Gasteiger partial charge in [0.2, 0.25) is 0 Å². The zero-order valence-electron chi connectivity index (χ0n) is 10.4. The Labute approximate surface area is 106 Å². The molecule has 0 N–H and O–H groups in total. The predicted molar refractivity (Wildman–Crippen MR) is 69.0 cm³/mol. The molecule has 0 aliphatic heterocycles. The lowest BCUT2D eigenvalue weighted by molar-refractivity contribution is 0.0986. The van der Waals surface area contributed by atoms with Gasteiger partial charge in [-0.05, 0) is 30.7 Å². The third-order valence-electron chi connectivity index (χ3n) is 2.54. The minimum Gasteiger partial charge on any atom is -0.494 e. The number of rotatable bonds is 6. The zero-order valence-corrected chi connectivity index (χ0v) is 10.4. The van der Waals surface area contributed by atoms with Crippen molar-refractivity contribution in [3.8, 4) is 5.75 Å². The van der Waals surface area contributed by atoms with E-state index in [2.05, 4.69) is 0 Å². The highest BCUT2D eigenvalue weighted by atomic mass is 16.5. The molecule has 0 aliphatic carbocycles. The molecule has 18 heavy (non-hydrogen) atoms. The quantitative estimate of drug-likeness (QED) is 0.730. The number of furan rings is 1. The summed E-state index contributed by atoms with van der Waals surface area (Å²) in [6, 6.07) is 10.9. The van der Waals surface area contributed by atoms with Gasteiger partial charge in [-0.1, -0.05) is 19.1 Å². The number of Topliss-reactive ketones (excluding diaryl/α,β-unsaturated/α-hetero) is 1. The van der Waals surface area contributed by atoms with Crippen LogP contribution < -0.4 is 4.74 Å². The molecule has 0 saturated heterocycles. The first-order valence-corrected chi connectivity index (χ1v) is 6.08. The van der Waals surface area contributed by atoms with Crippen LogP contribution in [0.3, 0.4) is 0 Å². The molecule has 2 aromatic rings. The third kappa shape index (κ3) is 3.23. The molecule has 0 atom stereocenters. The summed E-state index contributed by atoms with van der Waals surface area (Å²) < 4.78 is 10.7. The summed E-state index contributed by atoms with van der Waals surface area (Å²) in [6.45, 7) is 2.71. The van der Waals surface area contributed by atoms with E-state index >= 15 is 0 Å². The Morgan fingerprint density at radius 1 is 1.28 bits per heavy atom. The molecule has 2 rings (SSSR count). The molecule has 0 spiro atoms.